The fourth-order valence-corrected chi connectivity index (χ4v) is 3.93. The molecule has 1 aliphatic heterocycles. The highest BCUT2D eigenvalue weighted by Crippen LogP contribution is 2.30. The maximum atomic E-state index is 13.0. The number of amides is 4. The minimum absolute atomic E-state index is 0.0724. The van der Waals surface area contributed by atoms with Crippen molar-refractivity contribution in [3.05, 3.63) is 54.1 Å². The number of benzene rings is 2. The predicted octanol–water partition coefficient (Wildman–Crippen LogP) is 3.93. The maximum Gasteiger partial charge on any atom is 0.387 e. The average Bonchev–Trinajstić information content (AvgIpc) is 2.99. The van der Waals surface area contributed by atoms with Crippen molar-refractivity contribution in [3.63, 3.8) is 0 Å². The van der Waals surface area contributed by atoms with Crippen LogP contribution in [0.15, 0.2) is 48.5 Å². The molecule has 1 saturated heterocycles. The molecule has 1 aliphatic rings. The van der Waals surface area contributed by atoms with Gasteiger partial charge in [-0.05, 0) is 69.7 Å². The summed E-state index contributed by atoms with van der Waals surface area (Å²) in [6, 6.07) is 12.3. The standard InChI is InChI=1S/C24H28F2N4O4/c1-5-29(15(2)3)18-10-8-17(9-11-18)27-20(31)14-30-21(32)24(4,28-23(30)33)16-6-12-19(13-7-16)34-22(25)26/h6-13,15,22H,5,14H2,1-4H3,(H,27,31)(H,28,33)/t24-/m1/s1. The smallest absolute Gasteiger partial charge is 0.387 e. The van der Waals surface area contributed by atoms with Crippen LogP contribution < -0.4 is 20.3 Å². The van der Waals surface area contributed by atoms with Crippen LogP contribution in [-0.2, 0) is 15.1 Å². The van der Waals surface area contributed by atoms with Gasteiger partial charge in [0.05, 0.1) is 0 Å². The molecule has 1 fully saturated rings. The third-order valence-electron chi connectivity index (χ3n) is 5.68. The number of anilines is 2. The zero-order chi connectivity index (χ0) is 25.0. The number of rotatable bonds is 9. The summed E-state index contributed by atoms with van der Waals surface area (Å²) < 4.78 is 29.0. The molecule has 1 atom stereocenters. The molecule has 10 heteroatoms. The second-order valence-electron chi connectivity index (χ2n) is 8.32. The van der Waals surface area contributed by atoms with E-state index in [1.165, 1.54) is 31.2 Å². The lowest BCUT2D eigenvalue weighted by molar-refractivity contribution is -0.133. The highest BCUT2D eigenvalue weighted by atomic mass is 19.3. The first-order valence-corrected chi connectivity index (χ1v) is 10.9. The van der Waals surface area contributed by atoms with Gasteiger partial charge in [-0.2, -0.15) is 8.78 Å². The van der Waals surface area contributed by atoms with E-state index in [1.54, 1.807) is 12.1 Å². The van der Waals surface area contributed by atoms with E-state index in [1.807, 2.05) is 12.1 Å². The minimum atomic E-state index is -2.97. The van der Waals surface area contributed by atoms with Gasteiger partial charge in [-0.3, -0.25) is 14.5 Å². The fourth-order valence-electron chi connectivity index (χ4n) is 3.93. The molecular weight excluding hydrogens is 446 g/mol. The number of urea groups is 1. The lowest BCUT2D eigenvalue weighted by Crippen LogP contribution is -2.42. The largest absolute Gasteiger partial charge is 0.435 e. The summed E-state index contributed by atoms with van der Waals surface area (Å²) in [5, 5.41) is 5.27. The van der Waals surface area contributed by atoms with Crippen molar-refractivity contribution in [1.29, 1.82) is 0 Å². The fraction of sp³-hybridized carbons (Fsp3) is 0.375. The van der Waals surface area contributed by atoms with E-state index in [-0.39, 0.29) is 5.75 Å². The number of ether oxygens (including phenoxy) is 1. The summed E-state index contributed by atoms with van der Waals surface area (Å²) in [7, 11) is 0. The molecule has 0 saturated carbocycles. The normalized spacial score (nSPS) is 17.8. The van der Waals surface area contributed by atoms with Gasteiger partial charge in [0.2, 0.25) is 5.91 Å². The first-order chi connectivity index (χ1) is 16.0. The van der Waals surface area contributed by atoms with E-state index in [0.717, 1.165) is 17.1 Å². The van der Waals surface area contributed by atoms with Gasteiger partial charge >= 0.3 is 12.6 Å². The Labute approximate surface area is 196 Å². The van der Waals surface area contributed by atoms with Crippen molar-refractivity contribution < 1.29 is 27.9 Å². The Bertz CT molecular complexity index is 1040. The molecule has 2 aromatic carbocycles. The van der Waals surface area contributed by atoms with Gasteiger partial charge in [-0.1, -0.05) is 12.1 Å². The number of nitrogens with one attached hydrogen (secondary N) is 2. The third-order valence-corrected chi connectivity index (χ3v) is 5.68. The van der Waals surface area contributed by atoms with Crippen molar-refractivity contribution in [3.8, 4) is 5.75 Å². The first kappa shape index (κ1) is 24.9. The minimum Gasteiger partial charge on any atom is -0.435 e. The molecule has 2 aromatic rings. The van der Waals surface area contributed by atoms with Crippen LogP contribution >= 0.6 is 0 Å². The van der Waals surface area contributed by atoms with E-state index >= 15 is 0 Å². The summed E-state index contributed by atoms with van der Waals surface area (Å²) in [6.45, 7) is 5.14. The van der Waals surface area contributed by atoms with Gasteiger partial charge in [0.15, 0.2) is 0 Å². The van der Waals surface area contributed by atoms with Crippen LogP contribution in [0.4, 0.5) is 25.0 Å². The molecule has 2 N–H and O–H groups in total. The number of carbonyl (C=O) groups is 3. The van der Waals surface area contributed by atoms with E-state index in [9.17, 15) is 23.2 Å². The molecule has 34 heavy (non-hydrogen) atoms. The quantitative estimate of drug-likeness (QED) is 0.538. The topological polar surface area (TPSA) is 91.0 Å². The molecule has 0 unspecified atom stereocenters. The number of hydrogen-bond acceptors (Lipinski definition) is 5. The lowest BCUT2D eigenvalue weighted by atomic mass is 9.92. The van der Waals surface area contributed by atoms with Crippen LogP contribution in [0.2, 0.25) is 0 Å². The zero-order valence-electron chi connectivity index (χ0n) is 19.5. The number of nitrogens with zero attached hydrogens (tertiary/aromatic N) is 2. The monoisotopic (exact) mass is 474 g/mol. The van der Waals surface area contributed by atoms with Gasteiger partial charge in [0.25, 0.3) is 5.91 Å². The van der Waals surface area contributed by atoms with E-state index in [2.05, 4.69) is 41.0 Å². The van der Waals surface area contributed by atoms with Crippen molar-refractivity contribution in [2.24, 2.45) is 0 Å². The third kappa shape index (κ3) is 5.27. The summed E-state index contributed by atoms with van der Waals surface area (Å²) in [6.07, 6.45) is 0. The van der Waals surface area contributed by atoms with Gasteiger partial charge in [0.1, 0.15) is 17.8 Å². The Morgan fingerprint density at radius 3 is 2.26 bits per heavy atom. The van der Waals surface area contributed by atoms with Gasteiger partial charge in [0, 0.05) is 24.0 Å². The van der Waals surface area contributed by atoms with Crippen LogP contribution in [0.5, 0.6) is 5.75 Å². The van der Waals surface area contributed by atoms with Crippen LogP contribution in [0, 0.1) is 0 Å². The van der Waals surface area contributed by atoms with Crippen LogP contribution in [0.25, 0.3) is 0 Å². The van der Waals surface area contributed by atoms with Crippen molar-refractivity contribution in [1.82, 2.24) is 10.2 Å². The Morgan fingerprint density at radius 1 is 1.12 bits per heavy atom. The van der Waals surface area contributed by atoms with Crippen LogP contribution in [-0.4, -0.2) is 48.5 Å². The van der Waals surface area contributed by atoms with Gasteiger partial charge in [-0.25, -0.2) is 4.79 Å². The Morgan fingerprint density at radius 2 is 1.74 bits per heavy atom. The molecule has 182 valence electrons. The highest BCUT2D eigenvalue weighted by Gasteiger charge is 2.49. The Hall–Kier alpha value is -3.69. The van der Waals surface area contributed by atoms with Crippen LogP contribution in [0.3, 0.4) is 0 Å². The highest BCUT2D eigenvalue weighted by molar-refractivity contribution is 6.10. The maximum absolute atomic E-state index is 13.0. The molecule has 3 rings (SSSR count). The molecule has 0 aliphatic carbocycles. The van der Waals surface area contributed by atoms with E-state index < -0.39 is 36.5 Å². The van der Waals surface area contributed by atoms with Crippen molar-refractivity contribution >= 4 is 29.2 Å². The molecular formula is C24H28F2N4O4. The molecule has 0 radical (unpaired) electrons. The SMILES string of the molecule is CCN(c1ccc(NC(=O)CN2C(=O)N[C@](C)(c3ccc(OC(F)F)cc3)C2=O)cc1)C(C)C. The molecule has 4 amide bonds. The van der Waals surface area contributed by atoms with Gasteiger partial charge in [-0.15, -0.1) is 0 Å². The van der Waals surface area contributed by atoms with Crippen molar-refractivity contribution in [2.75, 3.05) is 23.3 Å². The summed E-state index contributed by atoms with van der Waals surface area (Å²) in [4.78, 5) is 41.1. The summed E-state index contributed by atoms with van der Waals surface area (Å²) in [5.74, 6) is -1.23. The van der Waals surface area contributed by atoms with E-state index in [4.69, 9.17) is 0 Å². The lowest BCUT2D eigenvalue weighted by Gasteiger charge is -2.27. The average molecular weight is 475 g/mol. The Balaban J connectivity index is 1.66. The number of hydrogen-bond donors (Lipinski definition) is 2. The predicted molar refractivity (Wildman–Crippen MR) is 124 cm³/mol. The molecule has 1 heterocycles. The van der Waals surface area contributed by atoms with Crippen molar-refractivity contribution in [2.45, 2.75) is 45.9 Å². The molecule has 0 spiro atoms. The van der Waals surface area contributed by atoms with Gasteiger partial charge < -0.3 is 20.3 Å². The van der Waals surface area contributed by atoms with Crippen LogP contribution in [0.1, 0.15) is 33.3 Å². The Kier molecular flexibility index (Phi) is 7.38. The number of halogens is 2. The zero-order valence-corrected chi connectivity index (χ0v) is 19.5. The summed E-state index contributed by atoms with van der Waals surface area (Å²) in [5.41, 5.74) is 0.489. The molecule has 8 nitrogen and oxygen atoms in total. The number of alkyl halides is 2. The second-order valence-corrected chi connectivity index (χ2v) is 8.32. The second kappa shape index (κ2) is 10.1. The first-order valence-electron chi connectivity index (χ1n) is 10.9. The van der Waals surface area contributed by atoms with E-state index in [0.29, 0.717) is 17.3 Å². The summed E-state index contributed by atoms with van der Waals surface area (Å²) >= 11 is 0. The number of carbonyl (C=O) groups excluding carboxylic acids is 3. The number of imide groups is 1. The molecule has 0 aromatic heterocycles. The molecule has 0 bridgehead atoms.